The lowest BCUT2D eigenvalue weighted by Crippen LogP contribution is -2.51. The monoisotopic (exact) mass is 423 g/mol. The topological polar surface area (TPSA) is 118 Å². The average molecular weight is 424 g/mol. The summed E-state index contributed by atoms with van der Waals surface area (Å²) in [5.74, 6) is 0.238. The van der Waals surface area contributed by atoms with Gasteiger partial charge >= 0.3 is 0 Å². The van der Waals surface area contributed by atoms with Gasteiger partial charge in [-0.1, -0.05) is 30.6 Å². The summed E-state index contributed by atoms with van der Waals surface area (Å²) in [6.07, 6.45) is 5.21. The van der Waals surface area contributed by atoms with Crippen molar-refractivity contribution in [3.05, 3.63) is 39.6 Å². The fraction of sp³-hybridized carbons (Fsp3) is 0.556. The molecule has 0 radical (unpaired) electrons. The molecule has 4 atom stereocenters. The van der Waals surface area contributed by atoms with Gasteiger partial charge in [0.15, 0.2) is 9.84 Å². The highest BCUT2D eigenvalue weighted by Gasteiger charge is 2.45. The molecular weight excluding hydrogens is 402 g/mol. The molecule has 0 aliphatic heterocycles. The predicted molar refractivity (Wildman–Crippen MR) is 108 cm³/mol. The molecule has 150 valence electrons. The van der Waals surface area contributed by atoms with Gasteiger partial charge in [0, 0.05) is 35.9 Å². The van der Waals surface area contributed by atoms with Crippen molar-refractivity contribution in [1.82, 2.24) is 9.97 Å². The molecule has 2 aromatic rings. The molecule has 28 heavy (non-hydrogen) atoms. The van der Waals surface area contributed by atoms with Crippen molar-refractivity contribution in [2.45, 2.75) is 50.5 Å². The molecule has 1 aliphatic rings. The van der Waals surface area contributed by atoms with E-state index in [1.807, 2.05) is 20.8 Å². The second-order valence-electron chi connectivity index (χ2n) is 7.47. The molecule has 2 heterocycles. The van der Waals surface area contributed by atoms with Crippen LogP contribution in [0.1, 0.15) is 39.2 Å². The van der Waals surface area contributed by atoms with Gasteiger partial charge in [0.1, 0.15) is 11.3 Å². The summed E-state index contributed by atoms with van der Waals surface area (Å²) in [4.78, 5) is 11.6. The Morgan fingerprint density at radius 3 is 2.68 bits per heavy atom. The fourth-order valence-electron chi connectivity index (χ4n) is 3.59. The van der Waals surface area contributed by atoms with Crippen LogP contribution in [-0.2, 0) is 15.4 Å². The average Bonchev–Trinajstić information content (AvgIpc) is 2.62. The van der Waals surface area contributed by atoms with Crippen LogP contribution in [0.25, 0.3) is 21.2 Å². The summed E-state index contributed by atoms with van der Waals surface area (Å²) in [5.41, 5.74) is 8.91. The lowest BCUT2D eigenvalue weighted by atomic mass is 9.82. The number of hydrogen-bond acceptors (Lipinski definition) is 6. The Morgan fingerprint density at radius 1 is 1.39 bits per heavy atom. The normalized spacial score (nSPS) is 24.1. The molecule has 0 bridgehead atoms. The van der Waals surface area contributed by atoms with Crippen LogP contribution in [-0.4, -0.2) is 36.0 Å². The van der Waals surface area contributed by atoms with Crippen LogP contribution in [0.4, 0.5) is 0 Å². The standard InChI is InChI=1S/C18H22ClN5O3S/c1-5-18(3,23-24-20)13-9-22-17(12-8-21-16(19)6-11(12)13)27-14-7-15(10(14)2)28(4,25)26/h6,8-10,14-15H,5,7H2,1-4H3/t10-,14+,15-,18?/m1/s1. The van der Waals surface area contributed by atoms with Crippen molar-refractivity contribution in [2.24, 2.45) is 11.0 Å². The van der Waals surface area contributed by atoms with E-state index >= 15 is 0 Å². The van der Waals surface area contributed by atoms with Crippen LogP contribution >= 0.6 is 11.6 Å². The smallest absolute Gasteiger partial charge is 0.223 e. The maximum Gasteiger partial charge on any atom is 0.223 e. The van der Waals surface area contributed by atoms with Crippen LogP contribution in [0.15, 0.2) is 23.6 Å². The Labute approximate surface area is 168 Å². The Morgan fingerprint density at radius 2 is 2.11 bits per heavy atom. The van der Waals surface area contributed by atoms with E-state index in [-0.39, 0.29) is 12.0 Å². The van der Waals surface area contributed by atoms with E-state index in [2.05, 4.69) is 20.0 Å². The third-order valence-corrected chi connectivity index (χ3v) is 7.61. The molecule has 1 aliphatic carbocycles. The van der Waals surface area contributed by atoms with Crippen molar-refractivity contribution in [2.75, 3.05) is 6.26 Å². The molecular formula is C18H22ClN5O3S. The number of fused-ring (bicyclic) bond motifs is 1. The second kappa shape index (κ2) is 7.39. The van der Waals surface area contributed by atoms with Crippen LogP contribution in [0.2, 0.25) is 5.15 Å². The first kappa shape index (κ1) is 20.6. The number of sulfone groups is 1. The van der Waals surface area contributed by atoms with Crippen molar-refractivity contribution in [3.63, 3.8) is 0 Å². The van der Waals surface area contributed by atoms with Gasteiger partial charge in [-0.2, -0.15) is 0 Å². The first-order chi connectivity index (χ1) is 13.1. The Balaban J connectivity index is 2.03. The summed E-state index contributed by atoms with van der Waals surface area (Å²) in [6, 6.07) is 1.70. The molecule has 8 nitrogen and oxygen atoms in total. The number of aromatic nitrogens is 2. The molecule has 0 saturated heterocycles. The Bertz CT molecular complexity index is 1070. The third-order valence-electron chi connectivity index (χ3n) is 5.69. The number of nitrogens with zero attached hydrogens (tertiary/aromatic N) is 5. The Hall–Kier alpha value is -2.09. The van der Waals surface area contributed by atoms with Gasteiger partial charge in [0.2, 0.25) is 5.88 Å². The minimum absolute atomic E-state index is 0.129. The van der Waals surface area contributed by atoms with Gasteiger partial charge in [-0.15, -0.1) is 0 Å². The van der Waals surface area contributed by atoms with Crippen molar-refractivity contribution in [3.8, 4) is 5.88 Å². The molecule has 1 unspecified atom stereocenters. The van der Waals surface area contributed by atoms with Gasteiger partial charge in [-0.05, 0) is 35.9 Å². The van der Waals surface area contributed by atoms with Crippen LogP contribution < -0.4 is 4.74 Å². The largest absolute Gasteiger partial charge is 0.473 e. The van der Waals surface area contributed by atoms with Crippen LogP contribution in [0, 0.1) is 5.92 Å². The maximum atomic E-state index is 11.8. The summed E-state index contributed by atoms with van der Waals surface area (Å²) in [5, 5.41) is 5.25. The number of hydrogen-bond donors (Lipinski definition) is 0. The molecule has 2 aromatic heterocycles. The predicted octanol–water partition coefficient (Wildman–Crippen LogP) is 4.42. The van der Waals surface area contributed by atoms with Crippen LogP contribution in [0.5, 0.6) is 5.88 Å². The first-order valence-electron chi connectivity index (χ1n) is 8.97. The van der Waals surface area contributed by atoms with Gasteiger partial charge in [-0.3, -0.25) is 0 Å². The molecule has 0 amide bonds. The van der Waals surface area contributed by atoms with Crippen LogP contribution in [0.3, 0.4) is 0 Å². The summed E-state index contributed by atoms with van der Waals surface area (Å²) in [7, 11) is -3.10. The molecule has 1 fully saturated rings. The van der Waals surface area contributed by atoms with Crippen molar-refractivity contribution in [1.29, 1.82) is 0 Å². The highest BCUT2D eigenvalue weighted by Crippen LogP contribution is 2.40. The van der Waals surface area contributed by atoms with Gasteiger partial charge in [0.25, 0.3) is 0 Å². The van der Waals surface area contributed by atoms with E-state index in [0.717, 1.165) is 10.9 Å². The SMILES string of the molecule is CCC(C)(N=[N+]=[N-])c1cnc(O[C@H]2C[C@@H](S(C)(=O)=O)[C@@H]2C)c2cnc(Cl)cc12. The van der Waals surface area contributed by atoms with E-state index in [1.54, 1.807) is 18.5 Å². The minimum atomic E-state index is -3.10. The summed E-state index contributed by atoms with van der Waals surface area (Å²) in [6.45, 7) is 5.62. The minimum Gasteiger partial charge on any atom is -0.473 e. The molecule has 0 spiro atoms. The third kappa shape index (κ3) is 3.62. The maximum absolute atomic E-state index is 11.8. The van der Waals surface area contributed by atoms with E-state index < -0.39 is 20.6 Å². The quantitative estimate of drug-likeness (QED) is 0.295. The summed E-state index contributed by atoms with van der Waals surface area (Å²) >= 11 is 6.11. The molecule has 0 N–H and O–H groups in total. The molecule has 3 rings (SSSR count). The number of azide groups is 1. The van der Waals surface area contributed by atoms with Crippen molar-refractivity contribution >= 4 is 32.2 Å². The van der Waals surface area contributed by atoms with Gasteiger partial charge in [0.05, 0.1) is 16.2 Å². The zero-order chi connectivity index (χ0) is 20.7. The zero-order valence-electron chi connectivity index (χ0n) is 16.1. The summed E-state index contributed by atoms with van der Waals surface area (Å²) < 4.78 is 29.6. The van der Waals surface area contributed by atoms with Gasteiger partial charge in [-0.25, -0.2) is 18.4 Å². The number of halogens is 1. The highest BCUT2D eigenvalue weighted by molar-refractivity contribution is 7.91. The fourth-order valence-corrected chi connectivity index (χ4v) is 5.24. The molecule has 10 heteroatoms. The van der Waals surface area contributed by atoms with E-state index in [9.17, 15) is 8.42 Å². The molecule has 1 saturated carbocycles. The van der Waals surface area contributed by atoms with E-state index in [0.29, 0.717) is 29.3 Å². The Kier molecular flexibility index (Phi) is 5.44. The number of rotatable bonds is 6. The highest BCUT2D eigenvalue weighted by atomic mass is 35.5. The molecule has 0 aromatic carbocycles. The first-order valence-corrected chi connectivity index (χ1v) is 11.3. The number of pyridine rings is 2. The second-order valence-corrected chi connectivity index (χ2v) is 10.1. The van der Waals surface area contributed by atoms with Crippen molar-refractivity contribution < 1.29 is 13.2 Å². The lowest BCUT2D eigenvalue weighted by Gasteiger charge is -2.40. The number of ether oxygens (including phenoxy) is 1. The van der Waals surface area contributed by atoms with Gasteiger partial charge < -0.3 is 4.74 Å². The van der Waals surface area contributed by atoms with E-state index in [4.69, 9.17) is 21.9 Å². The lowest BCUT2D eigenvalue weighted by molar-refractivity contribution is 0.0589. The zero-order valence-corrected chi connectivity index (χ0v) is 17.7. The van der Waals surface area contributed by atoms with E-state index in [1.165, 1.54) is 6.26 Å².